The van der Waals surface area contributed by atoms with Gasteiger partial charge in [-0.1, -0.05) is 0 Å². The first-order valence-electron chi connectivity index (χ1n) is 6.88. The average Bonchev–Trinajstić information content (AvgIpc) is 2.38. The molecule has 1 fully saturated rings. The maximum Gasteiger partial charge on any atom is 0.320 e. The van der Waals surface area contributed by atoms with E-state index in [0.29, 0.717) is 19.1 Å². The molecule has 0 radical (unpaired) electrons. The van der Waals surface area contributed by atoms with Crippen LogP contribution in [0.5, 0.6) is 0 Å². The lowest BCUT2D eigenvalue weighted by atomic mass is 9.85. The quantitative estimate of drug-likeness (QED) is 0.654. The first-order valence-corrected chi connectivity index (χ1v) is 6.88. The van der Waals surface area contributed by atoms with Gasteiger partial charge in [0, 0.05) is 6.04 Å². The van der Waals surface area contributed by atoms with E-state index in [9.17, 15) is 9.59 Å². The van der Waals surface area contributed by atoms with Crippen LogP contribution in [0.3, 0.4) is 0 Å². The Kier molecular flexibility index (Phi) is 6.80. The molecule has 6 nitrogen and oxygen atoms in total. The summed E-state index contributed by atoms with van der Waals surface area (Å²) in [6.07, 6.45) is 3.79. The molecule has 6 heteroatoms. The van der Waals surface area contributed by atoms with E-state index >= 15 is 0 Å². The number of nitrogens with zero attached hydrogens (tertiary/aromatic N) is 1. The number of carbonyl (C=O) groups is 2. The molecule has 0 aromatic rings. The van der Waals surface area contributed by atoms with Crippen molar-refractivity contribution in [3.8, 4) is 0 Å². The number of nitrogens with two attached hydrogens (primary N) is 1. The third-order valence-electron chi connectivity index (χ3n) is 3.64. The molecule has 0 saturated heterocycles. The first-order chi connectivity index (χ1) is 9.06. The molecular weight excluding hydrogens is 248 g/mol. The van der Waals surface area contributed by atoms with E-state index in [0.717, 1.165) is 25.7 Å². The fraction of sp³-hybridized carbons (Fsp3) is 0.846. The molecule has 0 aliphatic heterocycles. The third kappa shape index (κ3) is 5.57. The Bertz CT molecular complexity index is 301. The van der Waals surface area contributed by atoms with Crippen LogP contribution in [-0.4, -0.2) is 54.2 Å². The summed E-state index contributed by atoms with van der Waals surface area (Å²) in [7, 11) is 0. The Morgan fingerprint density at radius 3 is 2.37 bits per heavy atom. The Balaban J connectivity index is 2.53. The highest BCUT2D eigenvalue weighted by molar-refractivity contribution is 5.74. The standard InChI is InChI=1S/C13H24N2O4/c1-2-19-13(18)9-15(8-12(16)17)11-5-3-10(7-14)4-6-11/h10-11H,2-9,14H2,1H3,(H,16,17)/t10-,11-. The van der Waals surface area contributed by atoms with Crippen LogP contribution in [0.1, 0.15) is 32.6 Å². The molecule has 0 amide bonds. The molecule has 0 atom stereocenters. The van der Waals surface area contributed by atoms with Crippen LogP contribution in [0.2, 0.25) is 0 Å². The summed E-state index contributed by atoms with van der Waals surface area (Å²) in [5.74, 6) is -0.736. The van der Waals surface area contributed by atoms with Gasteiger partial charge >= 0.3 is 11.9 Å². The summed E-state index contributed by atoms with van der Waals surface area (Å²) < 4.78 is 4.89. The number of rotatable bonds is 7. The van der Waals surface area contributed by atoms with Gasteiger partial charge in [-0.15, -0.1) is 0 Å². The Labute approximate surface area is 113 Å². The predicted octanol–water partition coefficient (Wildman–Crippen LogP) is 0.454. The van der Waals surface area contributed by atoms with Crippen LogP contribution in [0.25, 0.3) is 0 Å². The van der Waals surface area contributed by atoms with Crippen molar-refractivity contribution in [3.05, 3.63) is 0 Å². The Morgan fingerprint density at radius 1 is 1.26 bits per heavy atom. The zero-order chi connectivity index (χ0) is 14.3. The summed E-state index contributed by atoms with van der Waals surface area (Å²) >= 11 is 0. The van der Waals surface area contributed by atoms with Gasteiger partial charge in [-0.25, -0.2) is 0 Å². The minimum absolute atomic E-state index is 0.0537. The van der Waals surface area contributed by atoms with Crippen LogP contribution in [0.15, 0.2) is 0 Å². The van der Waals surface area contributed by atoms with Gasteiger partial charge < -0.3 is 15.6 Å². The number of hydrogen-bond donors (Lipinski definition) is 2. The molecule has 0 aromatic carbocycles. The summed E-state index contributed by atoms with van der Waals surface area (Å²) in [4.78, 5) is 24.1. The van der Waals surface area contributed by atoms with Crippen LogP contribution in [0.4, 0.5) is 0 Å². The second-order valence-electron chi connectivity index (χ2n) is 5.01. The van der Waals surface area contributed by atoms with E-state index in [-0.39, 0.29) is 25.1 Å². The molecule has 1 saturated carbocycles. The highest BCUT2D eigenvalue weighted by Gasteiger charge is 2.28. The van der Waals surface area contributed by atoms with Gasteiger partial charge in [0.1, 0.15) is 0 Å². The van der Waals surface area contributed by atoms with E-state index in [1.165, 1.54) is 0 Å². The zero-order valence-electron chi connectivity index (χ0n) is 11.5. The van der Waals surface area contributed by atoms with Gasteiger partial charge in [0.2, 0.25) is 0 Å². The number of carbonyl (C=O) groups excluding carboxylic acids is 1. The molecule has 0 aromatic heterocycles. The molecule has 3 N–H and O–H groups in total. The molecule has 1 rings (SSSR count). The van der Waals surface area contributed by atoms with Crippen molar-refractivity contribution < 1.29 is 19.4 Å². The van der Waals surface area contributed by atoms with E-state index in [4.69, 9.17) is 15.6 Å². The van der Waals surface area contributed by atoms with Gasteiger partial charge in [0.25, 0.3) is 0 Å². The second-order valence-corrected chi connectivity index (χ2v) is 5.01. The molecule has 110 valence electrons. The highest BCUT2D eigenvalue weighted by Crippen LogP contribution is 2.26. The molecule has 0 spiro atoms. The minimum Gasteiger partial charge on any atom is -0.480 e. The van der Waals surface area contributed by atoms with E-state index in [1.54, 1.807) is 11.8 Å². The molecule has 0 bridgehead atoms. The van der Waals surface area contributed by atoms with Crippen molar-refractivity contribution >= 4 is 11.9 Å². The molecule has 19 heavy (non-hydrogen) atoms. The van der Waals surface area contributed by atoms with Crippen molar-refractivity contribution in [1.82, 2.24) is 4.90 Å². The monoisotopic (exact) mass is 272 g/mol. The number of carboxylic acids is 1. The zero-order valence-corrected chi connectivity index (χ0v) is 11.5. The lowest BCUT2D eigenvalue weighted by molar-refractivity contribution is -0.147. The topological polar surface area (TPSA) is 92.9 Å². The summed E-state index contributed by atoms with van der Waals surface area (Å²) in [5, 5.41) is 8.94. The van der Waals surface area contributed by atoms with Crippen LogP contribution < -0.4 is 5.73 Å². The molecule has 1 aliphatic rings. The maximum atomic E-state index is 11.5. The number of ether oxygens (including phenoxy) is 1. The van der Waals surface area contributed by atoms with Gasteiger partial charge in [0.05, 0.1) is 19.7 Å². The smallest absolute Gasteiger partial charge is 0.320 e. The van der Waals surface area contributed by atoms with Crippen molar-refractivity contribution in [2.75, 3.05) is 26.2 Å². The first kappa shape index (κ1) is 15.9. The molecular formula is C13H24N2O4. The lowest BCUT2D eigenvalue weighted by Crippen LogP contribution is -2.44. The fourth-order valence-corrected chi connectivity index (χ4v) is 2.61. The summed E-state index contributed by atoms with van der Waals surface area (Å²) in [5.41, 5.74) is 5.64. The number of aliphatic carboxylic acids is 1. The van der Waals surface area contributed by atoms with Crippen molar-refractivity contribution in [1.29, 1.82) is 0 Å². The maximum absolute atomic E-state index is 11.5. The lowest BCUT2D eigenvalue weighted by Gasteiger charge is -2.35. The van der Waals surface area contributed by atoms with Gasteiger partial charge in [-0.05, 0) is 45.1 Å². The molecule has 0 unspecified atom stereocenters. The van der Waals surface area contributed by atoms with E-state index in [1.807, 2.05) is 0 Å². The molecule has 1 aliphatic carbocycles. The number of esters is 1. The molecule has 0 heterocycles. The van der Waals surface area contributed by atoms with E-state index in [2.05, 4.69) is 0 Å². The van der Waals surface area contributed by atoms with Crippen LogP contribution >= 0.6 is 0 Å². The number of carboxylic acid groups (broad SMARTS) is 1. The van der Waals surface area contributed by atoms with Gasteiger partial charge in [-0.2, -0.15) is 0 Å². The minimum atomic E-state index is -0.912. The largest absolute Gasteiger partial charge is 0.480 e. The Hall–Kier alpha value is -1.14. The fourth-order valence-electron chi connectivity index (χ4n) is 2.61. The highest BCUT2D eigenvalue weighted by atomic mass is 16.5. The summed E-state index contributed by atoms with van der Waals surface area (Å²) in [6.45, 7) is 2.68. The summed E-state index contributed by atoms with van der Waals surface area (Å²) in [6, 6.07) is 0.142. The normalized spacial score (nSPS) is 23.3. The average molecular weight is 272 g/mol. The Morgan fingerprint density at radius 2 is 1.89 bits per heavy atom. The van der Waals surface area contributed by atoms with Crippen LogP contribution in [-0.2, 0) is 14.3 Å². The van der Waals surface area contributed by atoms with Crippen molar-refractivity contribution in [2.45, 2.75) is 38.6 Å². The third-order valence-corrected chi connectivity index (χ3v) is 3.64. The number of hydrogen-bond acceptors (Lipinski definition) is 5. The van der Waals surface area contributed by atoms with Gasteiger partial charge in [0.15, 0.2) is 0 Å². The predicted molar refractivity (Wildman–Crippen MR) is 70.6 cm³/mol. The van der Waals surface area contributed by atoms with Gasteiger partial charge in [-0.3, -0.25) is 14.5 Å². The van der Waals surface area contributed by atoms with Crippen LogP contribution in [0, 0.1) is 5.92 Å². The van der Waals surface area contributed by atoms with Crippen molar-refractivity contribution in [2.24, 2.45) is 11.7 Å². The second kappa shape index (κ2) is 8.12. The SMILES string of the molecule is CCOC(=O)CN(CC(=O)O)[C@H]1CC[C@H](CN)CC1. The van der Waals surface area contributed by atoms with Crippen molar-refractivity contribution in [3.63, 3.8) is 0 Å². The van der Waals surface area contributed by atoms with E-state index < -0.39 is 5.97 Å².